The molecule has 3 heterocycles. The molecule has 0 saturated heterocycles. The second-order valence-electron chi connectivity index (χ2n) is 11.6. The van der Waals surface area contributed by atoms with Crippen molar-refractivity contribution in [1.82, 2.24) is 9.97 Å². The molecular formula is C40H30N4+2. The number of nitrogens with zero attached hydrogens (tertiary/aromatic N) is 4. The van der Waals surface area contributed by atoms with E-state index in [1.54, 1.807) is 0 Å². The first kappa shape index (κ1) is 25.1. The predicted molar refractivity (Wildman–Crippen MR) is 177 cm³/mol. The normalized spacial score (nSPS) is 16.7. The molecule has 0 bridgehead atoms. The van der Waals surface area contributed by atoms with Crippen LogP contribution in [0.2, 0.25) is 0 Å². The highest BCUT2D eigenvalue weighted by Gasteiger charge is 2.43. The summed E-state index contributed by atoms with van der Waals surface area (Å²) in [6.45, 7) is 0. The Labute approximate surface area is 256 Å². The third kappa shape index (κ3) is 3.77. The molecule has 0 saturated carbocycles. The molecule has 1 aliphatic heterocycles. The maximum Gasteiger partial charge on any atom is 0.292 e. The molecule has 44 heavy (non-hydrogen) atoms. The van der Waals surface area contributed by atoms with Gasteiger partial charge in [0, 0.05) is 35.2 Å². The van der Waals surface area contributed by atoms with Crippen molar-refractivity contribution < 1.29 is 9.13 Å². The second-order valence-corrected chi connectivity index (χ2v) is 11.6. The zero-order chi connectivity index (χ0) is 29.0. The topological polar surface area (TPSA) is 33.5 Å². The summed E-state index contributed by atoms with van der Waals surface area (Å²) in [4.78, 5) is 10.8. The van der Waals surface area contributed by atoms with E-state index in [0.29, 0.717) is 0 Å². The van der Waals surface area contributed by atoms with Crippen molar-refractivity contribution in [3.05, 3.63) is 151 Å². The lowest BCUT2D eigenvalue weighted by Gasteiger charge is -2.18. The quantitative estimate of drug-likeness (QED) is 0.159. The van der Waals surface area contributed by atoms with Crippen LogP contribution in [0.25, 0.3) is 61.7 Å². The van der Waals surface area contributed by atoms with Gasteiger partial charge in [0.25, 0.3) is 27.8 Å². The average molecular weight is 567 g/mol. The number of hydrogen-bond donors (Lipinski definition) is 0. The molecule has 0 amide bonds. The number of aromatic nitrogens is 4. The molecule has 6 aromatic rings. The summed E-state index contributed by atoms with van der Waals surface area (Å²) >= 11 is 0. The van der Waals surface area contributed by atoms with Gasteiger partial charge in [0.15, 0.2) is 5.82 Å². The lowest BCUT2D eigenvalue weighted by Crippen LogP contribution is -2.43. The summed E-state index contributed by atoms with van der Waals surface area (Å²) in [5.41, 5.74) is 13.7. The lowest BCUT2D eigenvalue weighted by atomic mass is 9.93. The van der Waals surface area contributed by atoms with Crippen LogP contribution in [-0.4, -0.2) is 9.97 Å². The van der Waals surface area contributed by atoms with Gasteiger partial charge in [0.2, 0.25) is 5.70 Å². The molecule has 4 aromatic carbocycles. The number of allylic oxidation sites excluding steroid dienone is 8. The number of benzene rings is 4. The minimum absolute atomic E-state index is 0.109. The van der Waals surface area contributed by atoms with Gasteiger partial charge in [-0.2, -0.15) is 0 Å². The van der Waals surface area contributed by atoms with Crippen molar-refractivity contribution >= 4 is 33.3 Å². The van der Waals surface area contributed by atoms with Gasteiger partial charge in [0.1, 0.15) is 11.4 Å². The summed E-state index contributed by atoms with van der Waals surface area (Å²) in [7, 11) is 0. The molecule has 2 aromatic heterocycles. The monoisotopic (exact) mass is 566 g/mol. The molecule has 0 N–H and O–H groups in total. The second kappa shape index (κ2) is 10.1. The molecule has 0 spiro atoms. The predicted octanol–water partition coefficient (Wildman–Crippen LogP) is 8.31. The average Bonchev–Trinajstić information content (AvgIpc) is 3.45. The summed E-state index contributed by atoms with van der Waals surface area (Å²) in [5.74, 6) is 0.857. The number of fused-ring (bicyclic) bond motifs is 5. The number of rotatable bonds is 4. The van der Waals surface area contributed by atoms with Crippen molar-refractivity contribution in [3.8, 4) is 28.3 Å². The highest BCUT2D eigenvalue weighted by atomic mass is 15.1. The Kier molecular flexibility index (Phi) is 5.73. The molecule has 1 atom stereocenters. The third-order valence-corrected chi connectivity index (χ3v) is 9.05. The maximum absolute atomic E-state index is 5.43. The van der Waals surface area contributed by atoms with Gasteiger partial charge in [-0.15, -0.1) is 9.13 Å². The molecule has 4 nitrogen and oxygen atoms in total. The van der Waals surface area contributed by atoms with Crippen LogP contribution < -0.4 is 9.13 Å². The van der Waals surface area contributed by atoms with Crippen LogP contribution in [0.5, 0.6) is 0 Å². The van der Waals surface area contributed by atoms with Crippen LogP contribution in [-0.2, 0) is 0 Å². The molecular weight excluding hydrogens is 536 g/mol. The van der Waals surface area contributed by atoms with Crippen molar-refractivity contribution in [2.45, 2.75) is 25.2 Å². The first-order chi connectivity index (χ1) is 21.9. The fourth-order valence-corrected chi connectivity index (χ4v) is 7.12. The zero-order valence-corrected chi connectivity index (χ0v) is 24.3. The molecule has 1 unspecified atom stereocenters. The van der Waals surface area contributed by atoms with Crippen LogP contribution in [0.3, 0.4) is 0 Å². The minimum Gasteiger partial charge on any atom is -0.225 e. The van der Waals surface area contributed by atoms with E-state index in [-0.39, 0.29) is 5.92 Å². The minimum atomic E-state index is 0.109. The van der Waals surface area contributed by atoms with Crippen LogP contribution in [0, 0.1) is 0 Å². The van der Waals surface area contributed by atoms with E-state index < -0.39 is 0 Å². The Morgan fingerprint density at radius 3 is 2.09 bits per heavy atom. The SMILES string of the molecule is C1=CCC(c2nc(-c3ccccc3)nc(-c3ccccc3)c2-[n+]2c3ccccc3[n+]3c4c(cccc42)C2=CCCC=C23)C=C1. The Morgan fingerprint density at radius 2 is 1.32 bits per heavy atom. The van der Waals surface area contributed by atoms with Gasteiger partial charge < -0.3 is 0 Å². The van der Waals surface area contributed by atoms with E-state index in [4.69, 9.17) is 9.97 Å². The largest absolute Gasteiger partial charge is 0.292 e. The summed E-state index contributed by atoms with van der Waals surface area (Å²) in [5, 5.41) is 0. The van der Waals surface area contributed by atoms with Gasteiger partial charge in [0.05, 0.1) is 11.1 Å². The van der Waals surface area contributed by atoms with E-state index >= 15 is 0 Å². The van der Waals surface area contributed by atoms with Crippen LogP contribution >= 0.6 is 0 Å². The van der Waals surface area contributed by atoms with Gasteiger partial charge in [-0.25, -0.2) is 9.97 Å². The Balaban J connectivity index is 1.47. The van der Waals surface area contributed by atoms with Gasteiger partial charge >= 0.3 is 0 Å². The fraction of sp³-hybridized carbons (Fsp3) is 0.100. The smallest absolute Gasteiger partial charge is 0.225 e. The molecule has 3 aliphatic rings. The van der Waals surface area contributed by atoms with Crippen LogP contribution in [0.4, 0.5) is 0 Å². The van der Waals surface area contributed by atoms with Crippen molar-refractivity contribution in [2.75, 3.05) is 0 Å². The van der Waals surface area contributed by atoms with Gasteiger partial charge in [-0.05, 0) is 31.4 Å². The standard InChI is InChI=1S/C40H30N4/c1-4-15-27(16-5-1)36-39(37(28-17-6-2-7-18-28)42-40(41-36)29-19-8-3-9-20-29)44-34-25-13-12-24-33(34)43-32-23-11-10-21-30(32)31-22-14-26-35(44)38(31)43/h1-9,12-17,19-26,28H,10-11,18H2/q+2. The molecule has 0 radical (unpaired) electrons. The van der Waals surface area contributed by atoms with Crippen molar-refractivity contribution in [3.63, 3.8) is 0 Å². The molecule has 0 fully saturated rings. The van der Waals surface area contributed by atoms with E-state index in [2.05, 4.69) is 143 Å². The van der Waals surface area contributed by atoms with Crippen LogP contribution in [0.15, 0.2) is 140 Å². The van der Waals surface area contributed by atoms with E-state index in [1.807, 2.05) is 6.07 Å². The zero-order valence-electron chi connectivity index (χ0n) is 24.3. The van der Waals surface area contributed by atoms with E-state index in [0.717, 1.165) is 64.3 Å². The Hall–Kier alpha value is -5.48. The van der Waals surface area contributed by atoms with Crippen molar-refractivity contribution in [2.24, 2.45) is 0 Å². The Bertz CT molecular complexity index is 2240. The number of hydrogen-bond acceptors (Lipinski definition) is 2. The molecule has 208 valence electrons. The molecule has 2 aliphatic carbocycles. The molecule has 9 rings (SSSR count). The first-order valence-corrected chi connectivity index (χ1v) is 15.5. The van der Waals surface area contributed by atoms with Crippen LogP contribution in [0.1, 0.15) is 36.4 Å². The maximum atomic E-state index is 5.43. The first-order valence-electron chi connectivity index (χ1n) is 15.5. The third-order valence-electron chi connectivity index (χ3n) is 9.05. The van der Waals surface area contributed by atoms with E-state index in [9.17, 15) is 0 Å². The summed E-state index contributed by atoms with van der Waals surface area (Å²) < 4.78 is 4.92. The summed E-state index contributed by atoms with van der Waals surface area (Å²) in [6.07, 6.45) is 16.7. The lowest BCUT2D eigenvalue weighted by molar-refractivity contribution is -0.571. The van der Waals surface area contributed by atoms with Crippen molar-refractivity contribution in [1.29, 1.82) is 0 Å². The highest BCUT2D eigenvalue weighted by molar-refractivity contribution is 6.07. The Morgan fingerprint density at radius 1 is 0.614 bits per heavy atom. The molecule has 4 heteroatoms. The van der Waals surface area contributed by atoms with Gasteiger partial charge in [-0.3, -0.25) is 0 Å². The highest BCUT2D eigenvalue weighted by Crippen LogP contribution is 2.40. The number of para-hydroxylation sites is 3. The van der Waals surface area contributed by atoms with E-state index in [1.165, 1.54) is 27.9 Å². The fourth-order valence-electron chi connectivity index (χ4n) is 7.12. The van der Waals surface area contributed by atoms with Gasteiger partial charge in [-0.1, -0.05) is 109 Å². The summed E-state index contributed by atoms with van der Waals surface area (Å²) in [6, 6.07) is 36.5.